The van der Waals surface area contributed by atoms with Gasteiger partial charge in [-0.25, -0.2) is 8.78 Å². The van der Waals surface area contributed by atoms with Gasteiger partial charge in [-0.3, -0.25) is 4.79 Å². The number of methoxy groups -OCH3 is 2. The summed E-state index contributed by atoms with van der Waals surface area (Å²) in [7, 11) is 3.02. The third-order valence-electron chi connectivity index (χ3n) is 5.53. The van der Waals surface area contributed by atoms with Crippen LogP contribution in [0.5, 0.6) is 11.5 Å². The zero-order chi connectivity index (χ0) is 19.8. The molecular weight excluding hydrogens is 352 g/mol. The maximum absolute atomic E-state index is 14.4. The van der Waals surface area contributed by atoms with Gasteiger partial charge in [0, 0.05) is 29.7 Å². The predicted molar refractivity (Wildman–Crippen MR) is 98.3 cm³/mol. The Morgan fingerprint density at radius 2 is 1.67 bits per heavy atom. The lowest BCUT2D eigenvalue weighted by Gasteiger charge is -2.22. The molecule has 0 radical (unpaired) electrons. The number of benzene rings is 2. The van der Waals surface area contributed by atoms with E-state index >= 15 is 0 Å². The van der Waals surface area contributed by atoms with Gasteiger partial charge in [-0.05, 0) is 35.6 Å². The van der Waals surface area contributed by atoms with Gasteiger partial charge in [0.25, 0.3) is 5.91 Å². The van der Waals surface area contributed by atoms with Crippen molar-refractivity contribution in [1.29, 1.82) is 0 Å². The molecular formula is C21H23F2NO3. The molecule has 1 fully saturated rings. The lowest BCUT2D eigenvalue weighted by molar-refractivity contribution is 0.0947. The molecule has 0 aromatic heterocycles. The summed E-state index contributed by atoms with van der Waals surface area (Å²) in [4.78, 5) is 12.7. The Morgan fingerprint density at radius 1 is 1.07 bits per heavy atom. The Hall–Kier alpha value is -2.63. The van der Waals surface area contributed by atoms with Gasteiger partial charge in [0.2, 0.25) is 0 Å². The van der Waals surface area contributed by atoms with E-state index in [-0.39, 0.29) is 17.9 Å². The van der Waals surface area contributed by atoms with Gasteiger partial charge in [-0.2, -0.15) is 0 Å². The number of hydrogen-bond acceptors (Lipinski definition) is 3. The van der Waals surface area contributed by atoms with E-state index in [2.05, 4.69) is 5.32 Å². The van der Waals surface area contributed by atoms with Gasteiger partial charge in [0.1, 0.15) is 23.1 Å². The third kappa shape index (κ3) is 3.48. The normalized spacial score (nSPS) is 20.1. The van der Waals surface area contributed by atoms with E-state index in [9.17, 15) is 13.6 Å². The first-order valence-corrected chi connectivity index (χ1v) is 8.69. The number of amides is 1. The van der Waals surface area contributed by atoms with Crippen molar-refractivity contribution < 1.29 is 23.0 Å². The molecule has 2 aromatic carbocycles. The first kappa shape index (κ1) is 19.1. The number of ether oxygens (including phenoxy) is 2. The summed E-state index contributed by atoms with van der Waals surface area (Å²) in [6, 6.07) is 8.52. The van der Waals surface area contributed by atoms with Crippen LogP contribution in [-0.2, 0) is 5.41 Å². The fraction of sp³-hybridized carbons (Fsp3) is 0.381. The van der Waals surface area contributed by atoms with E-state index in [1.807, 2.05) is 13.8 Å². The Labute approximate surface area is 157 Å². The average Bonchev–Trinajstić information content (AvgIpc) is 3.20. The van der Waals surface area contributed by atoms with Crippen LogP contribution in [0.3, 0.4) is 0 Å². The van der Waals surface area contributed by atoms with Crippen LogP contribution in [-0.4, -0.2) is 26.7 Å². The Kier molecular flexibility index (Phi) is 4.84. The molecule has 0 bridgehead atoms. The minimum Gasteiger partial charge on any atom is -0.497 e. The fourth-order valence-electron chi connectivity index (χ4n) is 3.72. The number of halogens is 2. The van der Waals surface area contributed by atoms with Crippen molar-refractivity contribution in [3.8, 4) is 11.5 Å². The highest BCUT2D eigenvalue weighted by atomic mass is 19.1. The molecule has 1 aliphatic rings. The van der Waals surface area contributed by atoms with E-state index in [0.29, 0.717) is 29.0 Å². The van der Waals surface area contributed by atoms with Crippen LogP contribution >= 0.6 is 0 Å². The van der Waals surface area contributed by atoms with Crippen LogP contribution in [0.15, 0.2) is 36.4 Å². The highest BCUT2D eigenvalue weighted by Crippen LogP contribution is 2.64. The Balaban J connectivity index is 1.83. The van der Waals surface area contributed by atoms with E-state index in [4.69, 9.17) is 9.47 Å². The van der Waals surface area contributed by atoms with Crippen molar-refractivity contribution in [2.45, 2.75) is 25.7 Å². The molecule has 6 heteroatoms. The second-order valence-corrected chi connectivity index (χ2v) is 7.55. The van der Waals surface area contributed by atoms with Crippen molar-refractivity contribution >= 4 is 5.91 Å². The second kappa shape index (κ2) is 6.83. The molecule has 1 amide bonds. The summed E-state index contributed by atoms with van der Waals surface area (Å²) >= 11 is 0. The molecule has 0 spiro atoms. The van der Waals surface area contributed by atoms with Crippen molar-refractivity contribution in [1.82, 2.24) is 5.32 Å². The minimum atomic E-state index is -0.614. The van der Waals surface area contributed by atoms with Gasteiger partial charge in [0.15, 0.2) is 0 Å². The zero-order valence-corrected chi connectivity index (χ0v) is 15.9. The standard InChI is InChI=1S/C21H23F2NO3/c1-20(2)11-21(20,17-6-5-14(22)9-18(17)23)12-24-19(25)13-7-15(26-3)10-16(8-13)27-4/h5-10H,11-12H2,1-4H3,(H,24,25). The summed E-state index contributed by atoms with van der Waals surface area (Å²) in [6.07, 6.45) is 0.699. The first-order valence-electron chi connectivity index (χ1n) is 8.69. The second-order valence-electron chi connectivity index (χ2n) is 7.55. The van der Waals surface area contributed by atoms with Crippen LogP contribution in [0.25, 0.3) is 0 Å². The molecule has 0 aliphatic heterocycles. The Morgan fingerprint density at radius 3 is 2.15 bits per heavy atom. The molecule has 4 nitrogen and oxygen atoms in total. The molecule has 1 aliphatic carbocycles. The minimum absolute atomic E-state index is 0.203. The monoisotopic (exact) mass is 375 g/mol. The molecule has 2 aromatic rings. The highest BCUT2D eigenvalue weighted by molar-refractivity contribution is 5.95. The molecule has 1 atom stereocenters. The number of carbonyl (C=O) groups is 1. The highest BCUT2D eigenvalue weighted by Gasteiger charge is 2.62. The Bertz CT molecular complexity index is 859. The molecule has 0 saturated heterocycles. The summed E-state index contributed by atoms with van der Waals surface area (Å²) in [5.41, 5.74) is 0.0471. The molecule has 1 saturated carbocycles. The van der Waals surface area contributed by atoms with Gasteiger partial charge in [0.05, 0.1) is 14.2 Å². The number of nitrogens with one attached hydrogen (secondary N) is 1. The smallest absolute Gasteiger partial charge is 0.251 e. The first-order chi connectivity index (χ1) is 12.7. The maximum Gasteiger partial charge on any atom is 0.251 e. The molecule has 1 unspecified atom stereocenters. The van der Waals surface area contributed by atoms with Crippen LogP contribution in [0.4, 0.5) is 8.78 Å². The summed E-state index contributed by atoms with van der Waals surface area (Å²) in [5.74, 6) is -0.497. The van der Waals surface area contributed by atoms with Crippen LogP contribution in [0.1, 0.15) is 36.2 Å². The summed E-state index contributed by atoms with van der Waals surface area (Å²) in [5, 5.41) is 2.89. The van der Waals surface area contributed by atoms with Crippen LogP contribution in [0.2, 0.25) is 0 Å². The van der Waals surface area contributed by atoms with E-state index in [1.54, 1.807) is 18.2 Å². The fourth-order valence-corrected chi connectivity index (χ4v) is 3.72. The lowest BCUT2D eigenvalue weighted by Crippen LogP contribution is -2.35. The van der Waals surface area contributed by atoms with Gasteiger partial charge < -0.3 is 14.8 Å². The summed E-state index contributed by atoms with van der Waals surface area (Å²) < 4.78 is 38.1. The number of hydrogen-bond donors (Lipinski definition) is 1. The largest absolute Gasteiger partial charge is 0.497 e. The quantitative estimate of drug-likeness (QED) is 0.828. The van der Waals surface area contributed by atoms with Crippen molar-refractivity contribution in [3.63, 3.8) is 0 Å². The third-order valence-corrected chi connectivity index (χ3v) is 5.53. The molecule has 144 valence electrons. The SMILES string of the molecule is COc1cc(OC)cc(C(=O)NCC2(c3ccc(F)cc3F)CC2(C)C)c1. The van der Waals surface area contributed by atoms with Crippen LogP contribution in [0, 0.1) is 17.0 Å². The van der Waals surface area contributed by atoms with Crippen molar-refractivity contribution in [3.05, 3.63) is 59.2 Å². The van der Waals surface area contributed by atoms with E-state index in [1.165, 1.54) is 26.4 Å². The van der Waals surface area contributed by atoms with Crippen LogP contribution < -0.4 is 14.8 Å². The molecule has 0 heterocycles. The molecule has 1 N–H and O–H groups in total. The van der Waals surface area contributed by atoms with Gasteiger partial charge in [-0.15, -0.1) is 0 Å². The maximum atomic E-state index is 14.4. The molecule has 3 rings (SSSR count). The lowest BCUT2D eigenvalue weighted by atomic mass is 9.87. The van der Waals surface area contributed by atoms with Gasteiger partial charge >= 0.3 is 0 Å². The van der Waals surface area contributed by atoms with Crippen molar-refractivity contribution in [2.75, 3.05) is 20.8 Å². The van der Waals surface area contributed by atoms with Gasteiger partial charge in [-0.1, -0.05) is 19.9 Å². The predicted octanol–water partition coefficient (Wildman–Crippen LogP) is 4.08. The summed E-state index contributed by atoms with van der Waals surface area (Å²) in [6.45, 7) is 4.27. The zero-order valence-electron chi connectivity index (χ0n) is 15.9. The number of rotatable bonds is 6. The topological polar surface area (TPSA) is 47.6 Å². The van der Waals surface area contributed by atoms with E-state index in [0.717, 1.165) is 6.07 Å². The molecule has 27 heavy (non-hydrogen) atoms. The average molecular weight is 375 g/mol. The number of carbonyl (C=O) groups excluding carboxylic acids is 1. The van der Waals surface area contributed by atoms with E-state index < -0.39 is 17.0 Å². The van der Waals surface area contributed by atoms with Crippen molar-refractivity contribution in [2.24, 2.45) is 5.41 Å².